The second kappa shape index (κ2) is 6.43. The molecule has 0 radical (unpaired) electrons. The molecule has 1 amide bonds. The zero-order chi connectivity index (χ0) is 15.6. The van der Waals surface area contributed by atoms with Crippen molar-refractivity contribution in [3.63, 3.8) is 0 Å². The molecule has 1 fully saturated rings. The Labute approximate surface area is 125 Å². The third-order valence-electron chi connectivity index (χ3n) is 4.18. The number of carbonyl (C=O) groups is 2. The fraction of sp³-hybridized carbons (Fsp3) is 0.625. The molecule has 2 atom stereocenters. The van der Waals surface area contributed by atoms with Gasteiger partial charge < -0.3 is 15.6 Å². The summed E-state index contributed by atoms with van der Waals surface area (Å²) >= 11 is 0. The SMILES string of the molecule is CCc1c(C(=O)NC2CCNC(C)C2)[nH]c(C)c1C(C)=O. The molecule has 2 unspecified atom stereocenters. The fourth-order valence-corrected chi connectivity index (χ4v) is 3.22. The van der Waals surface area contributed by atoms with Gasteiger partial charge in [-0.25, -0.2) is 0 Å². The van der Waals surface area contributed by atoms with Crippen LogP contribution in [-0.4, -0.2) is 35.3 Å². The summed E-state index contributed by atoms with van der Waals surface area (Å²) < 4.78 is 0. The van der Waals surface area contributed by atoms with E-state index >= 15 is 0 Å². The van der Waals surface area contributed by atoms with Crippen LogP contribution in [-0.2, 0) is 6.42 Å². The molecule has 0 aliphatic carbocycles. The minimum absolute atomic E-state index is 0.00939. The number of carbonyl (C=O) groups excluding carboxylic acids is 2. The van der Waals surface area contributed by atoms with E-state index < -0.39 is 0 Å². The van der Waals surface area contributed by atoms with Gasteiger partial charge in [0.25, 0.3) is 5.91 Å². The van der Waals surface area contributed by atoms with Gasteiger partial charge in [0.05, 0.1) is 0 Å². The summed E-state index contributed by atoms with van der Waals surface area (Å²) in [4.78, 5) is 27.4. The average molecular weight is 291 g/mol. The lowest BCUT2D eigenvalue weighted by atomic mass is 9.99. The first-order chi connectivity index (χ1) is 9.93. The third kappa shape index (κ3) is 3.35. The van der Waals surface area contributed by atoms with Crippen molar-refractivity contribution in [2.24, 2.45) is 0 Å². The molecule has 1 saturated heterocycles. The minimum Gasteiger partial charge on any atom is -0.354 e. The van der Waals surface area contributed by atoms with Gasteiger partial charge in [0.1, 0.15) is 5.69 Å². The highest BCUT2D eigenvalue weighted by atomic mass is 16.2. The Bertz CT molecular complexity index is 548. The van der Waals surface area contributed by atoms with Crippen molar-refractivity contribution >= 4 is 11.7 Å². The molecule has 0 saturated carbocycles. The third-order valence-corrected chi connectivity index (χ3v) is 4.18. The molecule has 21 heavy (non-hydrogen) atoms. The molecule has 0 aromatic carbocycles. The summed E-state index contributed by atoms with van der Waals surface area (Å²) in [5.74, 6) is -0.0864. The predicted molar refractivity (Wildman–Crippen MR) is 82.9 cm³/mol. The van der Waals surface area contributed by atoms with Gasteiger partial charge in [0.2, 0.25) is 0 Å². The van der Waals surface area contributed by atoms with Crippen molar-refractivity contribution in [2.75, 3.05) is 6.54 Å². The zero-order valence-electron chi connectivity index (χ0n) is 13.3. The largest absolute Gasteiger partial charge is 0.354 e. The first-order valence-electron chi connectivity index (χ1n) is 7.70. The number of aryl methyl sites for hydroxylation is 1. The van der Waals surface area contributed by atoms with E-state index in [1.807, 2.05) is 13.8 Å². The van der Waals surface area contributed by atoms with E-state index in [9.17, 15) is 9.59 Å². The predicted octanol–water partition coefficient (Wildman–Crippen LogP) is 1.96. The molecule has 2 rings (SSSR count). The fourth-order valence-electron chi connectivity index (χ4n) is 3.22. The maximum atomic E-state index is 12.5. The van der Waals surface area contributed by atoms with Crippen LogP contribution in [0.4, 0.5) is 0 Å². The summed E-state index contributed by atoms with van der Waals surface area (Å²) in [6, 6.07) is 0.621. The van der Waals surface area contributed by atoms with Crippen LogP contribution in [0.15, 0.2) is 0 Å². The Morgan fingerprint density at radius 3 is 2.67 bits per heavy atom. The molecule has 1 aliphatic rings. The van der Waals surface area contributed by atoms with Gasteiger partial charge in [-0.15, -0.1) is 0 Å². The van der Waals surface area contributed by atoms with E-state index in [1.165, 1.54) is 0 Å². The lowest BCUT2D eigenvalue weighted by Gasteiger charge is -2.28. The van der Waals surface area contributed by atoms with Crippen molar-refractivity contribution in [3.8, 4) is 0 Å². The highest BCUT2D eigenvalue weighted by Crippen LogP contribution is 2.21. The summed E-state index contributed by atoms with van der Waals surface area (Å²) in [5.41, 5.74) is 2.83. The van der Waals surface area contributed by atoms with Crippen molar-refractivity contribution < 1.29 is 9.59 Å². The number of piperidine rings is 1. The molecular formula is C16H25N3O2. The minimum atomic E-state index is -0.0958. The van der Waals surface area contributed by atoms with Crippen LogP contribution in [0.3, 0.4) is 0 Å². The molecule has 0 bridgehead atoms. The lowest BCUT2D eigenvalue weighted by Crippen LogP contribution is -2.46. The van der Waals surface area contributed by atoms with Crippen molar-refractivity contribution in [1.82, 2.24) is 15.6 Å². The maximum Gasteiger partial charge on any atom is 0.268 e. The first-order valence-corrected chi connectivity index (χ1v) is 7.70. The number of amides is 1. The number of aromatic nitrogens is 1. The van der Waals surface area contributed by atoms with E-state index in [1.54, 1.807) is 6.92 Å². The van der Waals surface area contributed by atoms with Crippen LogP contribution in [0.25, 0.3) is 0 Å². The number of hydrogen-bond acceptors (Lipinski definition) is 3. The van der Waals surface area contributed by atoms with Crippen LogP contribution in [0.1, 0.15) is 65.7 Å². The quantitative estimate of drug-likeness (QED) is 0.742. The van der Waals surface area contributed by atoms with Gasteiger partial charge in [-0.05, 0) is 52.1 Å². The van der Waals surface area contributed by atoms with Gasteiger partial charge in [0, 0.05) is 23.3 Å². The highest BCUT2D eigenvalue weighted by molar-refractivity contribution is 6.02. The molecule has 2 heterocycles. The molecule has 5 heteroatoms. The summed E-state index contributed by atoms with van der Waals surface area (Å²) in [5, 5.41) is 6.47. The molecule has 3 N–H and O–H groups in total. The van der Waals surface area contributed by atoms with E-state index in [-0.39, 0.29) is 17.7 Å². The highest BCUT2D eigenvalue weighted by Gasteiger charge is 2.25. The van der Waals surface area contributed by atoms with Crippen molar-refractivity contribution in [3.05, 3.63) is 22.5 Å². The molecule has 0 spiro atoms. The number of ketones is 1. The molecule has 1 aromatic heterocycles. The first kappa shape index (κ1) is 15.8. The van der Waals surface area contributed by atoms with Gasteiger partial charge >= 0.3 is 0 Å². The van der Waals surface area contributed by atoms with Crippen LogP contribution >= 0.6 is 0 Å². The molecule has 5 nitrogen and oxygen atoms in total. The van der Waals surface area contributed by atoms with Crippen LogP contribution in [0.2, 0.25) is 0 Å². The second-order valence-electron chi connectivity index (χ2n) is 5.94. The number of H-pyrrole nitrogens is 1. The Kier molecular flexibility index (Phi) is 4.83. The standard InChI is InChI=1S/C16H25N3O2/c1-5-13-14(11(4)20)10(3)18-15(13)16(21)19-12-6-7-17-9(2)8-12/h9,12,17-18H,5-8H2,1-4H3,(H,19,21). The Morgan fingerprint density at radius 2 is 2.10 bits per heavy atom. The summed E-state index contributed by atoms with van der Waals surface area (Å²) in [6.45, 7) is 8.42. The number of Topliss-reactive ketones (excluding diaryl/α,β-unsaturated/α-hetero) is 1. The Morgan fingerprint density at radius 1 is 1.38 bits per heavy atom. The number of rotatable bonds is 4. The van der Waals surface area contributed by atoms with E-state index in [4.69, 9.17) is 0 Å². The Balaban J connectivity index is 2.19. The topological polar surface area (TPSA) is 74.0 Å². The summed E-state index contributed by atoms with van der Waals surface area (Å²) in [6.07, 6.45) is 2.55. The molecule has 1 aliphatic heterocycles. The van der Waals surface area contributed by atoms with Crippen molar-refractivity contribution in [2.45, 2.75) is 59.0 Å². The zero-order valence-corrected chi connectivity index (χ0v) is 13.3. The molecular weight excluding hydrogens is 266 g/mol. The van der Waals surface area contributed by atoms with Crippen LogP contribution in [0, 0.1) is 6.92 Å². The van der Waals surface area contributed by atoms with Gasteiger partial charge in [0.15, 0.2) is 5.78 Å². The normalized spacial score (nSPS) is 22.1. The second-order valence-corrected chi connectivity index (χ2v) is 5.94. The van der Waals surface area contributed by atoms with E-state index in [2.05, 4.69) is 22.5 Å². The average Bonchev–Trinajstić information content (AvgIpc) is 2.75. The van der Waals surface area contributed by atoms with E-state index in [0.29, 0.717) is 23.7 Å². The number of aromatic amines is 1. The monoisotopic (exact) mass is 291 g/mol. The van der Waals surface area contributed by atoms with Crippen LogP contribution in [0.5, 0.6) is 0 Å². The molecule has 116 valence electrons. The maximum absolute atomic E-state index is 12.5. The van der Waals surface area contributed by atoms with Gasteiger partial charge in [-0.3, -0.25) is 9.59 Å². The lowest BCUT2D eigenvalue weighted by molar-refractivity contribution is 0.0920. The summed E-state index contributed by atoms with van der Waals surface area (Å²) in [7, 11) is 0. The Hall–Kier alpha value is -1.62. The van der Waals surface area contributed by atoms with Crippen LogP contribution < -0.4 is 10.6 Å². The van der Waals surface area contributed by atoms with Crippen molar-refractivity contribution in [1.29, 1.82) is 0 Å². The smallest absolute Gasteiger partial charge is 0.268 e. The number of nitrogens with one attached hydrogen (secondary N) is 3. The van der Waals surface area contributed by atoms with Gasteiger partial charge in [-0.1, -0.05) is 6.92 Å². The van der Waals surface area contributed by atoms with E-state index in [0.717, 1.165) is 30.6 Å². The number of hydrogen-bond donors (Lipinski definition) is 3. The molecule has 1 aromatic rings. The van der Waals surface area contributed by atoms with Gasteiger partial charge in [-0.2, -0.15) is 0 Å².